The molecule has 88 valence electrons. The van der Waals surface area contributed by atoms with Crippen molar-refractivity contribution in [3.05, 3.63) is 11.7 Å². The first kappa shape index (κ1) is 10.3. The topological polar surface area (TPSA) is 51.0 Å². The van der Waals surface area contributed by atoms with Gasteiger partial charge >= 0.3 is 0 Å². The van der Waals surface area contributed by atoms with Gasteiger partial charge in [-0.1, -0.05) is 12.1 Å². The van der Waals surface area contributed by atoms with Gasteiger partial charge in [0.25, 0.3) is 0 Å². The highest BCUT2D eigenvalue weighted by molar-refractivity contribution is 5.06. The molecule has 1 saturated carbocycles. The molecule has 4 nitrogen and oxygen atoms in total. The van der Waals surface area contributed by atoms with Crippen molar-refractivity contribution in [2.75, 3.05) is 13.1 Å². The van der Waals surface area contributed by atoms with E-state index in [0.29, 0.717) is 11.8 Å². The summed E-state index contributed by atoms with van der Waals surface area (Å²) in [6.07, 6.45) is 4.75. The van der Waals surface area contributed by atoms with E-state index in [-0.39, 0.29) is 0 Å². The summed E-state index contributed by atoms with van der Waals surface area (Å²) < 4.78 is 5.32. The predicted molar refractivity (Wildman–Crippen MR) is 60.1 cm³/mol. The van der Waals surface area contributed by atoms with Gasteiger partial charge in [-0.2, -0.15) is 4.98 Å². The maximum absolute atomic E-state index is 5.32. The van der Waals surface area contributed by atoms with Crippen molar-refractivity contribution in [3.8, 4) is 0 Å². The number of nitrogens with one attached hydrogen (secondary N) is 1. The summed E-state index contributed by atoms with van der Waals surface area (Å²) in [7, 11) is 0. The molecule has 1 aromatic rings. The predicted octanol–water partition coefficient (Wildman–Crippen LogP) is 1.74. The molecule has 1 saturated heterocycles. The number of hydrogen-bond donors (Lipinski definition) is 1. The zero-order chi connectivity index (χ0) is 11.0. The van der Waals surface area contributed by atoms with Gasteiger partial charge in [-0.3, -0.25) is 0 Å². The number of aromatic nitrogens is 2. The summed E-state index contributed by atoms with van der Waals surface area (Å²) in [5.41, 5.74) is 0. The molecule has 1 N–H and O–H groups in total. The molecular formula is C12H19N3O. The number of rotatable bonds is 3. The van der Waals surface area contributed by atoms with Gasteiger partial charge in [0.2, 0.25) is 5.89 Å². The third-order valence-electron chi connectivity index (χ3n) is 3.78. The largest absolute Gasteiger partial charge is 0.339 e. The average molecular weight is 221 g/mol. The van der Waals surface area contributed by atoms with Crippen LogP contribution in [-0.4, -0.2) is 23.2 Å². The molecule has 0 bridgehead atoms. The van der Waals surface area contributed by atoms with Gasteiger partial charge in [0.05, 0.1) is 0 Å². The number of piperidine rings is 1. The molecule has 2 heterocycles. The molecular weight excluding hydrogens is 202 g/mol. The Hall–Kier alpha value is -0.900. The fraction of sp³-hybridized carbons (Fsp3) is 0.833. The third-order valence-corrected chi connectivity index (χ3v) is 3.78. The van der Waals surface area contributed by atoms with Gasteiger partial charge in [-0.25, -0.2) is 0 Å². The van der Waals surface area contributed by atoms with Crippen LogP contribution in [0.4, 0.5) is 0 Å². The standard InChI is InChI=1S/C12H19N3O/c1-8-5-10(8)12-14-11(15-16-12)6-9-3-2-4-13-7-9/h8-10,13H,2-7H2,1H3. The van der Waals surface area contributed by atoms with Crippen LogP contribution in [0.2, 0.25) is 0 Å². The first-order valence-electron chi connectivity index (χ1n) is 6.36. The van der Waals surface area contributed by atoms with Gasteiger partial charge in [-0.15, -0.1) is 0 Å². The summed E-state index contributed by atoms with van der Waals surface area (Å²) in [5.74, 6) is 3.75. The average Bonchev–Trinajstić information content (AvgIpc) is 2.86. The van der Waals surface area contributed by atoms with Gasteiger partial charge in [0.15, 0.2) is 5.82 Å². The molecule has 1 aliphatic carbocycles. The monoisotopic (exact) mass is 221 g/mol. The van der Waals surface area contributed by atoms with Crippen LogP contribution in [0.25, 0.3) is 0 Å². The second-order valence-corrected chi connectivity index (χ2v) is 5.28. The zero-order valence-electron chi connectivity index (χ0n) is 9.78. The molecule has 2 fully saturated rings. The second kappa shape index (κ2) is 4.17. The van der Waals surface area contributed by atoms with E-state index in [1.54, 1.807) is 0 Å². The Labute approximate surface area is 95.8 Å². The van der Waals surface area contributed by atoms with Crippen LogP contribution in [0.3, 0.4) is 0 Å². The summed E-state index contributed by atoms with van der Waals surface area (Å²) in [6.45, 7) is 4.50. The van der Waals surface area contributed by atoms with Crippen molar-refractivity contribution in [1.29, 1.82) is 0 Å². The molecule has 0 spiro atoms. The lowest BCUT2D eigenvalue weighted by Crippen LogP contribution is -2.31. The van der Waals surface area contributed by atoms with Crippen LogP contribution in [0.1, 0.15) is 43.8 Å². The maximum atomic E-state index is 5.32. The minimum atomic E-state index is 0.547. The van der Waals surface area contributed by atoms with E-state index in [9.17, 15) is 0 Å². The molecule has 0 radical (unpaired) electrons. The Morgan fingerprint density at radius 3 is 3.06 bits per heavy atom. The third kappa shape index (κ3) is 2.12. The Balaban J connectivity index is 1.59. The molecule has 1 aliphatic heterocycles. The van der Waals surface area contributed by atoms with E-state index in [2.05, 4.69) is 22.4 Å². The minimum absolute atomic E-state index is 0.547. The van der Waals surface area contributed by atoms with Crippen LogP contribution in [-0.2, 0) is 6.42 Å². The molecule has 0 amide bonds. The maximum Gasteiger partial charge on any atom is 0.230 e. The van der Waals surface area contributed by atoms with Gasteiger partial charge < -0.3 is 9.84 Å². The van der Waals surface area contributed by atoms with E-state index in [4.69, 9.17) is 4.52 Å². The number of nitrogens with zero attached hydrogens (tertiary/aromatic N) is 2. The quantitative estimate of drug-likeness (QED) is 0.844. The Bertz CT molecular complexity index is 357. The second-order valence-electron chi connectivity index (χ2n) is 5.28. The Morgan fingerprint density at radius 2 is 2.38 bits per heavy atom. The van der Waals surface area contributed by atoms with Crippen molar-refractivity contribution < 1.29 is 4.52 Å². The van der Waals surface area contributed by atoms with Gasteiger partial charge in [0.1, 0.15) is 0 Å². The van der Waals surface area contributed by atoms with Crippen LogP contribution in [0.5, 0.6) is 0 Å². The van der Waals surface area contributed by atoms with Crippen LogP contribution < -0.4 is 5.32 Å². The van der Waals surface area contributed by atoms with Crippen molar-refractivity contribution in [2.45, 2.75) is 38.5 Å². The summed E-state index contributed by atoms with van der Waals surface area (Å²) in [5, 5.41) is 7.51. The molecule has 1 aromatic heterocycles. The SMILES string of the molecule is CC1CC1c1nc(CC2CCCNC2)no1. The van der Waals surface area contributed by atoms with Crippen molar-refractivity contribution >= 4 is 0 Å². The molecule has 16 heavy (non-hydrogen) atoms. The molecule has 3 unspecified atom stereocenters. The summed E-state index contributed by atoms with van der Waals surface area (Å²) in [6, 6.07) is 0. The fourth-order valence-corrected chi connectivity index (χ4v) is 2.52. The molecule has 3 atom stereocenters. The van der Waals surface area contributed by atoms with Crippen LogP contribution in [0.15, 0.2) is 4.52 Å². The van der Waals surface area contributed by atoms with Crippen molar-refractivity contribution in [2.24, 2.45) is 11.8 Å². The Kier molecular flexibility index (Phi) is 2.67. The highest BCUT2D eigenvalue weighted by atomic mass is 16.5. The molecule has 4 heteroatoms. The van der Waals surface area contributed by atoms with Crippen molar-refractivity contribution in [1.82, 2.24) is 15.5 Å². The lowest BCUT2D eigenvalue weighted by Gasteiger charge is -2.20. The van der Waals surface area contributed by atoms with E-state index >= 15 is 0 Å². The minimum Gasteiger partial charge on any atom is -0.339 e. The molecule has 2 aliphatic rings. The molecule has 0 aromatic carbocycles. The van der Waals surface area contributed by atoms with E-state index in [1.807, 2.05) is 0 Å². The van der Waals surface area contributed by atoms with E-state index in [1.165, 1.54) is 19.3 Å². The van der Waals surface area contributed by atoms with E-state index in [0.717, 1.165) is 37.1 Å². The first-order chi connectivity index (χ1) is 7.83. The highest BCUT2D eigenvalue weighted by Crippen LogP contribution is 2.46. The van der Waals surface area contributed by atoms with Gasteiger partial charge in [0, 0.05) is 12.3 Å². The normalized spacial score (nSPS) is 33.9. The zero-order valence-corrected chi connectivity index (χ0v) is 9.78. The lowest BCUT2D eigenvalue weighted by molar-refractivity contribution is 0.348. The smallest absolute Gasteiger partial charge is 0.230 e. The van der Waals surface area contributed by atoms with Crippen LogP contribution >= 0.6 is 0 Å². The number of hydrogen-bond acceptors (Lipinski definition) is 4. The highest BCUT2D eigenvalue weighted by Gasteiger charge is 2.38. The summed E-state index contributed by atoms with van der Waals surface area (Å²) >= 11 is 0. The Morgan fingerprint density at radius 1 is 1.50 bits per heavy atom. The summed E-state index contributed by atoms with van der Waals surface area (Å²) in [4.78, 5) is 4.51. The lowest BCUT2D eigenvalue weighted by atomic mass is 9.96. The van der Waals surface area contributed by atoms with Crippen molar-refractivity contribution in [3.63, 3.8) is 0 Å². The van der Waals surface area contributed by atoms with Gasteiger partial charge in [-0.05, 0) is 44.2 Å². The molecule has 3 rings (SSSR count). The first-order valence-corrected chi connectivity index (χ1v) is 6.36. The fourth-order valence-electron chi connectivity index (χ4n) is 2.52. The van der Waals surface area contributed by atoms with Crippen LogP contribution in [0, 0.1) is 11.8 Å². The van der Waals surface area contributed by atoms with E-state index < -0.39 is 0 Å².